The van der Waals surface area contributed by atoms with E-state index in [1.165, 1.54) is 30.6 Å². The zero-order valence-electron chi connectivity index (χ0n) is 9.78. The molecule has 94 valence electrons. The Kier molecular flexibility index (Phi) is 5.24. The van der Waals surface area contributed by atoms with E-state index in [1.807, 2.05) is 0 Å². The average molecular weight is 248 g/mol. The summed E-state index contributed by atoms with van der Waals surface area (Å²) >= 11 is 0. The van der Waals surface area contributed by atoms with E-state index in [2.05, 4.69) is 9.73 Å². The number of benzene rings is 1. The summed E-state index contributed by atoms with van der Waals surface area (Å²) in [7, 11) is 0. The third-order valence-electron chi connectivity index (χ3n) is 1.91. The highest BCUT2D eigenvalue weighted by molar-refractivity contribution is 5.83. The second-order valence-corrected chi connectivity index (χ2v) is 3.19. The Morgan fingerprint density at radius 1 is 1.44 bits per heavy atom. The van der Waals surface area contributed by atoms with E-state index < -0.39 is 10.9 Å². The lowest BCUT2D eigenvalue weighted by Crippen LogP contribution is -1.98. The molecule has 0 aromatic heterocycles. The molecular weight excluding hydrogens is 236 g/mol. The zero-order valence-corrected chi connectivity index (χ0v) is 9.78. The van der Waals surface area contributed by atoms with Crippen molar-refractivity contribution in [1.82, 2.24) is 0 Å². The summed E-state index contributed by atoms with van der Waals surface area (Å²) in [6.07, 6.45) is 3.99. The largest absolute Gasteiger partial charge is 0.463 e. The van der Waals surface area contributed by atoms with Crippen LogP contribution in [0.4, 0.5) is 5.69 Å². The summed E-state index contributed by atoms with van der Waals surface area (Å²) in [5.74, 6) is -0.460. The first kappa shape index (κ1) is 13.6. The van der Waals surface area contributed by atoms with E-state index in [0.717, 1.165) is 0 Å². The maximum atomic E-state index is 10.9. The van der Waals surface area contributed by atoms with Crippen molar-refractivity contribution >= 4 is 17.9 Å². The Morgan fingerprint density at radius 3 is 2.67 bits per heavy atom. The summed E-state index contributed by atoms with van der Waals surface area (Å²) < 4.78 is 4.66. The summed E-state index contributed by atoms with van der Waals surface area (Å²) in [4.78, 5) is 24.7. The van der Waals surface area contributed by atoms with Gasteiger partial charge in [0.2, 0.25) is 0 Å². The first-order chi connectivity index (χ1) is 8.63. The second-order valence-electron chi connectivity index (χ2n) is 3.19. The van der Waals surface area contributed by atoms with Crippen molar-refractivity contribution in [1.29, 1.82) is 0 Å². The van der Waals surface area contributed by atoms with Gasteiger partial charge in [-0.25, -0.2) is 4.79 Å². The molecule has 0 saturated carbocycles. The SMILES string of the molecule is CCOC(=O)/C=C/N=Cc1ccc([N+](=O)[O-])cc1. The van der Waals surface area contributed by atoms with Crippen LogP contribution in [0.3, 0.4) is 0 Å². The highest BCUT2D eigenvalue weighted by Crippen LogP contribution is 2.10. The van der Waals surface area contributed by atoms with Crippen molar-refractivity contribution < 1.29 is 14.5 Å². The van der Waals surface area contributed by atoms with Gasteiger partial charge in [-0.2, -0.15) is 0 Å². The smallest absolute Gasteiger partial charge is 0.332 e. The van der Waals surface area contributed by atoms with Crippen molar-refractivity contribution in [3.63, 3.8) is 0 Å². The van der Waals surface area contributed by atoms with Gasteiger partial charge in [0.05, 0.1) is 11.5 Å². The van der Waals surface area contributed by atoms with E-state index >= 15 is 0 Å². The summed E-state index contributed by atoms with van der Waals surface area (Å²) in [6.45, 7) is 2.03. The van der Waals surface area contributed by atoms with E-state index in [4.69, 9.17) is 0 Å². The number of nitro groups is 1. The lowest BCUT2D eigenvalue weighted by molar-refractivity contribution is -0.384. The predicted octanol–water partition coefficient (Wildman–Crippen LogP) is 2.09. The van der Waals surface area contributed by atoms with E-state index in [9.17, 15) is 14.9 Å². The highest BCUT2D eigenvalue weighted by Gasteiger charge is 2.02. The number of ether oxygens (including phenoxy) is 1. The Hall–Kier alpha value is -2.50. The summed E-state index contributed by atoms with van der Waals surface area (Å²) in [5, 5.41) is 10.4. The first-order valence-corrected chi connectivity index (χ1v) is 5.24. The molecule has 1 aromatic carbocycles. The van der Waals surface area contributed by atoms with Crippen LogP contribution in [0.15, 0.2) is 41.5 Å². The van der Waals surface area contributed by atoms with Crippen LogP contribution in [0.25, 0.3) is 0 Å². The number of carbonyl (C=O) groups is 1. The molecule has 0 atom stereocenters. The number of non-ortho nitro benzene ring substituents is 1. The van der Waals surface area contributed by atoms with Crippen molar-refractivity contribution in [2.75, 3.05) is 6.61 Å². The minimum Gasteiger partial charge on any atom is -0.463 e. The molecule has 0 fully saturated rings. The molecular formula is C12H12N2O4. The maximum absolute atomic E-state index is 10.9. The lowest BCUT2D eigenvalue weighted by atomic mass is 10.2. The number of rotatable bonds is 5. The van der Waals surface area contributed by atoms with Crippen LogP contribution in [-0.2, 0) is 9.53 Å². The van der Waals surface area contributed by atoms with Gasteiger partial charge in [-0.3, -0.25) is 15.1 Å². The van der Waals surface area contributed by atoms with Crippen molar-refractivity contribution in [2.24, 2.45) is 4.99 Å². The van der Waals surface area contributed by atoms with Gasteiger partial charge in [0, 0.05) is 30.6 Å². The number of nitro benzene ring substituents is 1. The van der Waals surface area contributed by atoms with Gasteiger partial charge >= 0.3 is 5.97 Å². The van der Waals surface area contributed by atoms with Crippen molar-refractivity contribution in [3.05, 3.63) is 52.2 Å². The van der Waals surface area contributed by atoms with E-state index in [1.54, 1.807) is 19.1 Å². The minimum absolute atomic E-state index is 0.0224. The molecule has 6 heteroatoms. The monoisotopic (exact) mass is 248 g/mol. The van der Waals surface area contributed by atoms with Gasteiger partial charge in [0.25, 0.3) is 5.69 Å². The maximum Gasteiger partial charge on any atom is 0.332 e. The number of hydrogen-bond donors (Lipinski definition) is 0. The number of aliphatic imine (C=N–C) groups is 1. The molecule has 0 aliphatic heterocycles. The number of esters is 1. The van der Waals surface area contributed by atoms with Gasteiger partial charge in [0.15, 0.2) is 0 Å². The van der Waals surface area contributed by atoms with E-state index in [-0.39, 0.29) is 5.69 Å². The number of nitrogens with zero attached hydrogens (tertiary/aromatic N) is 2. The van der Waals surface area contributed by atoms with Crippen LogP contribution in [0.2, 0.25) is 0 Å². The van der Waals surface area contributed by atoms with Crippen LogP contribution >= 0.6 is 0 Å². The molecule has 0 heterocycles. The Balaban J connectivity index is 2.57. The van der Waals surface area contributed by atoms with Crippen molar-refractivity contribution in [3.8, 4) is 0 Å². The van der Waals surface area contributed by atoms with Crippen LogP contribution < -0.4 is 0 Å². The molecule has 0 amide bonds. The second kappa shape index (κ2) is 6.95. The molecule has 6 nitrogen and oxygen atoms in total. The number of hydrogen-bond acceptors (Lipinski definition) is 5. The number of carbonyl (C=O) groups excluding carboxylic acids is 1. The molecule has 0 aliphatic rings. The van der Waals surface area contributed by atoms with Crippen LogP contribution in [0.1, 0.15) is 12.5 Å². The fourth-order valence-electron chi connectivity index (χ4n) is 1.11. The Bertz CT molecular complexity index is 477. The van der Waals surface area contributed by atoms with Gasteiger partial charge < -0.3 is 4.74 Å². The third kappa shape index (κ3) is 4.56. The quantitative estimate of drug-likeness (QED) is 0.262. The van der Waals surface area contributed by atoms with Crippen LogP contribution in [-0.4, -0.2) is 23.7 Å². The molecule has 1 aromatic rings. The van der Waals surface area contributed by atoms with Crippen molar-refractivity contribution in [2.45, 2.75) is 6.92 Å². The van der Waals surface area contributed by atoms with Gasteiger partial charge in [-0.1, -0.05) is 0 Å². The fourth-order valence-corrected chi connectivity index (χ4v) is 1.11. The van der Waals surface area contributed by atoms with E-state index in [0.29, 0.717) is 12.2 Å². The molecule has 0 N–H and O–H groups in total. The molecule has 18 heavy (non-hydrogen) atoms. The topological polar surface area (TPSA) is 81.8 Å². The molecule has 0 unspecified atom stereocenters. The molecule has 0 radical (unpaired) electrons. The van der Waals surface area contributed by atoms with Gasteiger partial charge in [0.1, 0.15) is 0 Å². The molecule has 0 spiro atoms. The molecule has 1 rings (SSSR count). The average Bonchev–Trinajstić information content (AvgIpc) is 2.35. The first-order valence-electron chi connectivity index (χ1n) is 5.24. The zero-order chi connectivity index (χ0) is 13.4. The van der Waals surface area contributed by atoms with Gasteiger partial charge in [-0.05, 0) is 24.6 Å². The normalized spacial score (nSPS) is 10.9. The lowest BCUT2D eigenvalue weighted by Gasteiger charge is -1.93. The summed E-state index contributed by atoms with van der Waals surface area (Å²) in [6, 6.07) is 5.91. The molecule has 0 saturated heterocycles. The highest BCUT2D eigenvalue weighted by atomic mass is 16.6. The third-order valence-corrected chi connectivity index (χ3v) is 1.91. The Morgan fingerprint density at radius 2 is 2.11 bits per heavy atom. The minimum atomic E-state index is -0.471. The van der Waals surface area contributed by atoms with Gasteiger partial charge in [-0.15, -0.1) is 0 Å². The fraction of sp³-hybridized carbons (Fsp3) is 0.167. The Labute approximate surface area is 104 Å². The van der Waals surface area contributed by atoms with Crippen LogP contribution in [0, 0.1) is 10.1 Å². The summed E-state index contributed by atoms with van der Waals surface area (Å²) in [5.41, 5.74) is 0.725. The van der Waals surface area contributed by atoms with Crippen LogP contribution in [0.5, 0.6) is 0 Å². The standard InChI is InChI=1S/C12H12N2O4/c1-2-18-12(15)7-8-13-9-10-3-5-11(6-4-10)14(16)17/h3-9H,2H2,1H3/b8-7+,13-9?. The molecule has 0 aliphatic carbocycles. The molecule has 0 bridgehead atoms. The predicted molar refractivity (Wildman–Crippen MR) is 66.5 cm³/mol.